The molecular formula is C23H26Cl5N3O4S. The monoisotopic (exact) mass is 615 g/mol. The summed E-state index contributed by atoms with van der Waals surface area (Å²) in [5.74, 6) is -1.01. The Kier molecular flexibility index (Phi) is 11.5. The minimum absolute atomic E-state index is 0.0114. The van der Waals surface area contributed by atoms with Crippen molar-refractivity contribution < 1.29 is 18.0 Å². The van der Waals surface area contributed by atoms with Gasteiger partial charge in [-0.25, -0.2) is 8.42 Å². The summed E-state index contributed by atoms with van der Waals surface area (Å²) in [7, 11) is -4.00. The number of nitrogens with one attached hydrogen (secondary N) is 1. The summed E-state index contributed by atoms with van der Waals surface area (Å²) in [6.07, 6.45) is 1.92. The highest BCUT2D eigenvalue weighted by Gasteiger charge is 2.32. The molecule has 2 aromatic rings. The quantitative estimate of drug-likeness (QED) is 0.311. The van der Waals surface area contributed by atoms with Crippen LogP contribution in [0.15, 0.2) is 30.3 Å². The van der Waals surface area contributed by atoms with Crippen LogP contribution in [0.1, 0.15) is 32.3 Å². The number of carbonyl (C=O) groups is 2. The summed E-state index contributed by atoms with van der Waals surface area (Å²) < 4.78 is 26.2. The van der Waals surface area contributed by atoms with Gasteiger partial charge in [-0.05, 0) is 42.7 Å². The SMILES string of the molecule is CCCNC(=O)[C@@H](CC)N(Cc1ccc(Cl)cc1Cl)C(=O)CN(c1cc(Cl)c(Cl)cc1Cl)S(C)(=O)=O. The molecule has 0 bridgehead atoms. The molecule has 0 spiro atoms. The van der Waals surface area contributed by atoms with Crippen LogP contribution in [0.3, 0.4) is 0 Å². The molecule has 2 rings (SSSR count). The molecule has 1 atom stereocenters. The van der Waals surface area contributed by atoms with E-state index in [4.69, 9.17) is 58.0 Å². The minimum atomic E-state index is -4.00. The van der Waals surface area contributed by atoms with Crippen LogP contribution in [-0.2, 0) is 26.2 Å². The third-order valence-corrected chi connectivity index (χ3v) is 7.97. The van der Waals surface area contributed by atoms with Gasteiger partial charge in [-0.15, -0.1) is 0 Å². The topological polar surface area (TPSA) is 86.8 Å². The Morgan fingerprint density at radius 1 is 0.944 bits per heavy atom. The van der Waals surface area contributed by atoms with Crippen molar-refractivity contribution in [1.82, 2.24) is 10.2 Å². The average Bonchev–Trinajstić information content (AvgIpc) is 2.79. The Morgan fingerprint density at radius 3 is 2.14 bits per heavy atom. The predicted molar refractivity (Wildman–Crippen MR) is 148 cm³/mol. The lowest BCUT2D eigenvalue weighted by Gasteiger charge is -2.33. The van der Waals surface area contributed by atoms with Gasteiger partial charge in [0.1, 0.15) is 12.6 Å². The molecule has 0 fully saturated rings. The van der Waals surface area contributed by atoms with E-state index in [-0.39, 0.29) is 39.6 Å². The van der Waals surface area contributed by atoms with Crippen LogP contribution in [-0.4, -0.2) is 50.5 Å². The highest BCUT2D eigenvalue weighted by molar-refractivity contribution is 7.92. The zero-order valence-electron chi connectivity index (χ0n) is 19.8. The molecule has 0 saturated carbocycles. The van der Waals surface area contributed by atoms with Crippen molar-refractivity contribution in [2.24, 2.45) is 0 Å². The molecule has 0 aliphatic rings. The van der Waals surface area contributed by atoms with Crippen molar-refractivity contribution in [2.45, 2.75) is 39.3 Å². The van der Waals surface area contributed by atoms with E-state index in [0.29, 0.717) is 28.6 Å². The van der Waals surface area contributed by atoms with Crippen molar-refractivity contribution in [2.75, 3.05) is 23.7 Å². The van der Waals surface area contributed by atoms with Crippen molar-refractivity contribution >= 4 is 85.5 Å². The lowest BCUT2D eigenvalue weighted by atomic mass is 10.1. The minimum Gasteiger partial charge on any atom is -0.354 e. The van der Waals surface area contributed by atoms with Crippen LogP contribution in [0, 0.1) is 0 Å². The second kappa shape index (κ2) is 13.4. The van der Waals surface area contributed by atoms with E-state index in [1.807, 2.05) is 6.92 Å². The summed E-state index contributed by atoms with van der Waals surface area (Å²) in [5, 5.41) is 3.68. The molecule has 198 valence electrons. The average molecular weight is 618 g/mol. The van der Waals surface area contributed by atoms with Gasteiger partial charge >= 0.3 is 0 Å². The molecule has 0 aliphatic carbocycles. The van der Waals surface area contributed by atoms with Gasteiger partial charge in [0.05, 0.1) is 27.0 Å². The first-order valence-electron chi connectivity index (χ1n) is 10.9. The molecule has 7 nitrogen and oxygen atoms in total. The highest BCUT2D eigenvalue weighted by Crippen LogP contribution is 2.36. The van der Waals surface area contributed by atoms with Crippen LogP contribution in [0.5, 0.6) is 0 Å². The van der Waals surface area contributed by atoms with Crippen LogP contribution in [0.4, 0.5) is 5.69 Å². The second-order valence-electron chi connectivity index (χ2n) is 7.96. The number of benzene rings is 2. The van der Waals surface area contributed by atoms with E-state index in [9.17, 15) is 18.0 Å². The molecule has 0 aromatic heterocycles. The Bertz CT molecular complexity index is 1230. The van der Waals surface area contributed by atoms with Crippen molar-refractivity contribution in [3.63, 3.8) is 0 Å². The van der Waals surface area contributed by atoms with Gasteiger partial charge in [-0.2, -0.15) is 0 Å². The van der Waals surface area contributed by atoms with Gasteiger partial charge < -0.3 is 10.2 Å². The fraction of sp³-hybridized carbons (Fsp3) is 0.391. The zero-order chi connectivity index (χ0) is 27.2. The number of nitrogens with zero attached hydrogens (tertiary/aromatic N) is 2. The van der Waals surface area contributed by atoms with E-state index >= 15 is 0 Å². The van der Waals surface area contributed by atoms with Gasteiger partial charge in [0, 0.05) is 23.1 Å². The third kappa shape index (κ3) is 8.04. The number of anilines is 1. The lowest BCUT2D eigenvalue weighted by Crippen LogP contribution is -2.52. The maximum atomic E-state index is 13.7. The zero-order valence-corrected chi connectivity index (χ0v) is 24.4. The summed E-state index contributed by atoms with van der Waals surface area (Å²) in [6, 6.07) is 6.46. The Labute approximate surface area is 236 Å². The largest absolute Gasteiger partial charge is 0.354 e. The number of amides is 2. The smallest absolute Gasteiger partial charge is 0.244 e. The summed E-state index contributed by atoms with van der Waals surface area (Å²) in [5.41, 5.74) is 0.518. The molecule has 36 heavy (non-hydrogen) atoms. The Balaban J connectivity index is 2.53. The van der Waals surface area contributed by atoms with Crippen molar-refractivity contribution in [1.29, 1.82) is 0 Å². The standard InChI is InChI=1S/C23H26Cl5N3O4S/c1-4-8-29-23(33)20(5-2)30(12-14-6-7-15(24)9-16(14)25)22(32)13-31(36(3,34)35)21-11-18(27)17(26)10-19(21)28/h6-7,9-11,20H,4-5,8,12-13H2,1-3H3,(H,29,33)/t20-/m1/s1. The van der Waals surface area contributed by atoms with Crippen molar-refractivity contribution in [3.8, 4) is 0 Å². The fourth-order valence-electron chi connectivity index (χ4n) is 3.42. The first kappa shape index (κ1) is 30.8. The van der Waals surface area contributed by atoms with E-state index in [0.717, 1.165) is 10.6 Å². The van der Waals surface area contributed by atoms with E-state index < -0.39 is 28.5 Å². The molecule has 2 aromatic carbocycles. The molecule has 0 radical (unpaired) electrons. The molecule has 0 heterocycles. The number of carbonyl (C=O) groups excluding carboxylic acids is 2. The molecule has 0 saturated heterocycles. The molecule has 0 unspecified atom stereocenters. The summed E-state index contributed by atoms with van der Waals surface area (Å²) >= 11 is 30.7. The summed E-state index contributed by atoms with van der Waals surface area (Å²) in [6.45, 7) is 3.39. The molecule has 13 heteroatoms. The third-order valence-electron chi connectivity index (χ3n) is 5.23. The number of rotatable bonds is 11. The predicted octanol–water partition coefficient (Wildman–Crippen LogP) is 6.05. The van der Waals surface area contributed by atoms with Crippen LogP contribution < -0.4 is 9.62 Å². The highest BCUT2D eigenvalue weighted by atomic mass is 35.5. The summed E-state index contributed by atoms with van der Waals surface area (Å²) in [4.78, 5) is 27.9. The number of hydrogen-bond donors (Lipinski definition) is 1. The van der Waals surface area contributed by atoms with Gasteiger partial charge in [0.2, 0.25) is 21.8 Å². The second-order valence-corrected chi connectivity index (χ2v) is 11.9. The Morgan fingerprint density at radius 2 is 1.58 bits per heavy atom. The number of halogens is 5. The van der Waals surface area contributed by atoms with E-state index in [2.05, 4.69) is 5.32 Å². The fourth-order valence-corrected chi connectivity index (χ4v) is 5.43. The van der Waals surface area contributed by atoms with Crippen LogP contribution in [0.25, 0.3) is 0 Å². The maximum Gasteiger partial charge on any atom is 0.244 e. The normalized spacial score (nSPS) is 12.2. The Hall–Kier alpha value is -1.42. The molecular weight excluding hydrogens is 592 g/mol. The molecule has 2 amide bonds. The molecule has 0 aliphatic heterocycles. The van der Waals surface area contributed by atoms with E-state index in [1.54, 1.807) is 19.1 Å². The number of hydrogen-bond acceptors (Lipinski definition) is 4. The van der Waals surface area contributed by atoms with E-state index in [1.165, 1.54) is 23.1 Å². The van der Waals surface area contributed by atoms with Crippen LogP contribution in [0.2, 0.25) is 25.1 Å². The van der Waals surface area contributed by atoms with Crippen LogP contribution >= 0.6 is 58.0 Å². The van der Waals surface area contributed by atoms with Gasteiger partial charge in [-0.1, -0.05) is 77.9 Å². The molecule has 1 N–H and O–H groups in total. The van der Waals surface area contributed by atoms with Crippen molar-refractivity contribution in [3.05, 3.63) is 61.0 Å². The first-order valence-corrected chi connectivity index (χ1v) is 14.7. The number of sulfonamides is 1. The van der Waals surface area contributed by atoms with Gasteiger partial charge in [0.25, 0.3) is 0 Å². The first-order chi connectivity index (χ1) is 16.8. The lowest BCUT2D eigenvalue weighted by molar-refractivity contribution is -0.140. The maximum absolute atomic E-state index is 13.7. The van der Waals surface area contributed by atoms with Gasteiger partial charge in [0.15, 0.2) is 0 Å². The van der Waals surface area contributed by atoms with Gasteiger partial charge in [-0.3, -0.25) is 13.9 Å².